The first kappa shape index (κ1) is 14.8. The lowest BCUT2D eigenvalue weighted by Gasteiger charge is -2.27. The van der Waals surface area contributed by atoms with Crippen LogP contribution < -0.4 is 5.32 Å². The summed E-state index contributed by atoms with van der Waals surface area (Å²) in [5, 5.41) is 4.47. The number of hydrogen-bond acceptors (Lipinski definition) is 4. The van der Waals surface area contributed by atoms with Crippen molar-refractivity contribution >= 4 is 16.7 Å². The van der Waals surface area contributed by atoms with Crippen LogP contribution in [0.15, 0.2) is 0 Å². The predicted molar refractivity (Wildman–Crippen MR) is 82.8 cm³/mol. The van der Waals surface area contributed by atoms with Gasteiger partial charge in [-0.25, -0.2) is 4.98 Å². The molecule has 0 atom stereocenters. The van der Waals surface area contributed by atoms with Crippen molar-refractivity contribution in [2.24, 2.45) is 11.8 Å². The van der Waals surface area contributed by atoms with Gasteiger partial charge in [-0.05, 0) is 24.7 Å². The first-order valence-electron chi connectivity index (χ1n) is 7.57. The molecular formula is C15H27N3S. The van der Waals surface area contributed by atoms with Crippen LogP contribution in [0.2, 0.25) is 0 Å². The van der Waals surface area contributed by atoms with E-state index in [4.69, 9.17) is 0 Å². The summed E-state index contributed by atoms with van der Waals surface area (Å²) in [6.07, 6.45) is 6.91. The summed E-state index contributed by atoms with van der Waals surface area (Å²) in [5.74, 6) is 2.75. The van der Waals surface area contributed by atoms with Gasteiger partial charge >= 0.3 is 0 Å². The van der Waals surface area contributed by atoms with Gasteiger partial charge in [-0.15, -0.1) is 0 Å². The first-order chi connectivity index (χ1) is 8.99. The Hall–Kier alpha value is -0.640. The molecule has 1 saturated carbocycles. The van der Waals surface area contributed by atoms with Crippen molar-refractivity contribution in [2.45, 2.75) is 65.2 Å². The lowest BCUT2D eigenvalue weighted by molar-refractivity contribution is 0.278. The Morgan fingerprint density at radius 3 is 2.32 bits per heavy atom. The molecule has 3 nitrogen and oxygen atoms in total. The quantitative estimate of drug-likeness (QED) is 0.885. The summed E-state index contributed by atoms with van der Waals surface area (Å²) >= 11 is 1.50. The topological polar surface area (TPSA) is 37.8 Å². The molecule has 1 fully saturated rings. The first-order valence-corrected chi connectivity index (χ1v) is 8.34. The Labute approximate surface area is 121 Å². The maximum atomic E-state index is 4.59. The minimum Gasteiger partial charge on any atom is -0.360 e. The van der Waals surface area contributed by atoms with Gasteiger partial charge in [0.15, 0.2) is 0 Å². The molecule has 19 heavy (non-hydrogen) atoms. The molecule has 0 unspecified atom stereocenters. The summed E-state index contributed by atoms with van der Waals surface area (Å²) in [5.41, 5.74) is 0.0512. The SMILES string of the molecule is CCC1CCC(CNc2nc(C(C)(C)C)ns2)CC1. The van der Waals surface area contributed by atoms with Crippen LogP contribution in [0.3, 0.4) is 0 Å². The summed E-state index contributed by atoms with van der Waals surface area (Å²) in [4.78, 5) is 4.59. The molecule has 2 rings (SSSR count). The minimum atomic E-state index is 0.0512. The van der Waals surface area contributed by atoms with Crippen LogP contribution in [0.4, 0.5) is 5.13 Å². The largest absolute Gasteiger partial charge is 0.360 e. The Bertz CT molecular complexity index is 386. The molecule has 1 aromatic rings. The van der Waals surface area contributed by atoms with Crippen LogP contribution in [-0.4, -0.2) is 15.9 Å². The van der Waals surface area contributed by atoms with Crippen molar-refractivity contribution in [3.05, 3.63) is 5.82 Å². The van der Waals surface area contributed by atoms with E-state index in [0.29, 0.717) is 0 Å². The highest BCUT2D eigenvalue weighted by Gasteiger charge is 2.22. The highest BCUT2D eigenvalue weighted by molar-refractivity contribution is 7.09. The fourth-order valence-corrected chi connectivity index (χ4v) is 3.44. The van der Waals surface area contributed by atoms with Crippen LogP contribution in [0.1, 0.15) is 65.6 Å². The predicted octanol–water partition coefficient (Wildman–Crippen LogP) is 4.46. The Balaban J connectivity index is 1.78. The van der Waals surface area contributed by atoms with Gasteiger partial charge in [0.1, 0.15) is 5.82 Å². The van der Waals surface area contributed by atoms with E-state index in [2.05, 4.69) is 42.4 Å². The van der Waals surface area contributed by atoms with Crippen LogP contribution in [0.5, 0.6) is 0 Å². The summed E-state index contributed by atoms with van der Waals surface area (Å²) in [6.45, 7) is 9.86. The van der Waals surface area contributed by atoms with Gasteiger partial charge in [0.25, 0.3) is 0 Å². The Morgan fingerprint density at radius 2 is 1.79 bits per heavy atom. The van der Waals surface area contributed by atoms with Crippen molar-refractivity contribution in [1.29, 1.82) is 0 Å². The number of aromatic nitrogens is 2. The van der Waals surface area contributed by atoms with Gasteiger partial charge in [-0.2, -0.15) is 4.37 Å². The molecule has 108 valence electrons. The number of hydrogen-bond donors (Lipinski definition) is 1. The molecular weight excluding hydrogens is 254 g/mol. The van der Waals surface area contributed by atoms with Gasteiger partial charge in [-0.3, -0.25) is 0 Å². The normalized spacial score (nSPS) is 24.4. The monoisotopic (exact) mass is 281 g/mol. The van der Waals surface area contributed by atoms with E-state index >= 15 is 0 Å². The number of nitrogens with one attached hydrogen (secondary N) is 1. The minimum absolute atomic E-state index is 0.0512. The number of rotatable bonds is 4. The summed E-state index contributed by atoms with van der Waals surface area (Å²) in [6, 6.07) is 0. The molecule has 1 aliphatic rings. The molecule has 1 aromatic heterocycles. The fourth-order valence-electron chi connectivity index (χ4n) is 2.68. The summed E-state index contributed by atoms with van der Waals surface area (Å²) < 4.78 is 4.44. The van der Waals surface area contributed by atoms with Crippen LogP contribution in [0, 0.1) is 11.8 Å². The van der Waals surface area contributed by atoms with Crippen molar-refractivity contribution in [1.82, 2.24) is 9.36 Å². The van der Waals surface area contributed by atoms with E-state index in [1.165, 1.54) is 43.6 Å². The molecule has 4 heteroatoms. The van der Waals surface area contributed by atoms with E-state index in [1.54, 1.807) is 0 Å². The lowest BCUT2D eigenvalue weighted by atomic mass is 9.81. The average Bonchev–Trinajstić information content (AvgIpc) is 2.86. The molecule has 0 aromatic carbocycles. The maximum Gasteiger partial charge on any atom is 0.202 e. The zero-order valence-corrected chi connectivity index (χ0v) is 13.5. The molecule has 0 amide bonds. The molecule has 1 heterocycles. The summed E-state index contributed by atoms with van der Waals surface area (Å²) in [7, 11) is 0. The van der Waals surface area contributed by atoms with Crippen molar-refractivity contribution in [3.8, 4) is 0 Å². The third-order valence-corrected chi connectivity index (χ3v) is 4.86. The van der Waals surface area contributed by atoms with Gasteiger partial charge in [0, 0.05) is 23.5 Å². The van der Waals surface area contributed by atoms with Gasteiger partial charge < -0.3 is 5.32 Å². The smallest absolute Gasteiger partial charge is 0.202 e. The van der Waals surface area contributed by atoms with Crippen molar-refractivity contribution in [2.75, 3.05) is 11.9 Å². The highest BCUT2D eigenvalue weighted by Crippen LogP contribution is 2.31. The lowest BCUT2D eigenvalue weighted by Crippen LogP contribution is -2.21. The van der Waals surface area contributed by atoms with Gasteiger partial charge in [0.05, 0.1) is 0 Å². The maximum absolute atomic E-state index is 4.59. The van der Waals surface area contributed by atoms with Crippen LogP contribution in [0.25, 0.3) is 0 Å². The number of anilines is 1. The zero-order chi connectivity index (χ0) is 13.9. The molecule has 0 saturated heterocycles. The molecule has 1 aliphatic carbocycles. The van der Waals surface area contributed by atoms with E-state index in [-0.39, 0.29) is 5.41 Å². The second-order valence-corrected chi connectivity index (χ2v) is 7.60. The molecule has 1 N–H and O–H groups in total. The van der Waals surface area contributed by atoms with E-state index in [0.717, 1.165) is 29.3 Å². The van der Waals surface area contributed by atoms with E-state index in [9.17, 15) is 0 Å². The number of nitrogens with zero attached hydrogens (tertiary/aromatic N) is 2. The molecule has 0 spiro atoms. The second kappa shape index (κ2) is 6.21. The van der Waals surface area contributed by atoms with Crippen molar-refractivity contribution in [3.63, 3.8) is 0 Å². The second-order valence-electron chi connectivity index (χ2n) is 6.85. The standard InChI is InChI=1S/C15H27N3S/c1-5-11-6-8-12(9-7-11)10-16-14-17-13(18-19-14)15(2,3)4/h11-12H,5-10H2,1-4H3,(H,16,17,18). The zero-order valence-electron chi connectivity index (χ0n) is 12.7. The Kier molecular flexibility index (Phi) is 4.82. The van der Waals surface area contributed by atoms with Crippen LogP contribution >= 0.6 is 11.5 Å². The van der Waals surface area contributed by atoms with E-state index < -0.39 is 0 Å². The van der Waals surface area contributed by atoms with E-state index in [1.807, 2.05) is 0 Å². The third-order valence-electron chi connectivity index (χ3n) is 4.18. The van der Waals surface area contributed by atoms with Gasteiger partial charge in [0.2, 0.25) is 5.13 Å². The fraction of sp³-hybridized carbons (Fsp3) is 0.867. The molecule has 0 aliphatic heterocycles. The van der Waals surface area contributed by atoms with Crippen LogP contribution in [-0.2, 0) is 5.41 Å². The molecule has 0 bridgehead atoms. The average molecular weight is 281 g/mol. The van der Waals surface area contributed by atoms with Crippen molar-refractivity contribution < 1.29 is 0 Å². The third kappa shape index (κ3) is 4.16. The molecule has 0 radical (unpaired) electrons. The highest BCUT2D eigenvalue weighted by atomic mass is 32.1. The Morgan fingerprint density at radius 1 is 1.16 bits per heavy atom. The van der Waals surface area contributed by atoms with Gasteiger partial charge in [-0.1, -0.05) is 47.0 Å².